The first-order chi connectivity index (χ1) is 8.75. The Bertz CT molecular complexity index is 716. The number of nitro groups is 1. The normalized spacial score (nSPS) is 10.7. The van der Waals surface area contributed by atoms with Gasteiger partial charge in [-0.05, 0) is 24.3 Å². The summed E-state index contributed by atoms with van der Waals surface area (Å²) in [6.45, 7) is 0. The van der Waals surface area contributed by atoms with Gasteiger partial charge in [-0.1, -0.05) is 17.3 Å². The molecule has 0 saturated carbocycles. The van der Waals surface area contributed by atoms with Gasteiger partial charge in [0, 0.05) is 23.1 Å². The average Bonchev–Trinajstić information content (AvgIpc) is 2.82. The zero-order valence-corrected chi connectivity index (χ0v) is 9.24. The third-order valence-electron chi connectivity index (χ3n) is 2.73. The van der Waals surface area contributed by atoms with E-state index in [1.165, 1.54) is 12.1 Å². The van der Waals surface area contributed by atoms with E-state index in [0.717, 1.165) is 10.9 Å². The number of hydrogen-bond acceptors (Lipinski definition) is 4. The zero-order chi connectivity index (χ0) is 12.5. The number of non-ortho nitro benzene ring substituents is 1. The SMILES string of the molecule is O=[N+]([O-])c1ccc(-c2noc3ccccc23)cc1. The van der Waals surface area contributed by atoms with E-state index in [1.807, 2.05) is 24.3 Å². The lowest BCUT2D eigenvalue weighted by Crippen LogP contribution is -1.87. The van der Waals surface area contributed by atoms with Crippen molar-refractivity contribution in [1.82, 2.24) is 5.16 Å². The Labute approximate surface area is 102 Å². The van der Waals surface area contributed by atoms with E-state index in [9.17, 15) is 10.1 Å². The number of nitrogens with zero attached hydrogens (tertiary/aromatic N) is 2. The lowest BCUT2D eigenvalue weighted by atomic mass is 10.1. The highest BCUT2D eigenvalue weighted by atomic mass is 16.6. The van der Waals surface area contributed by atoms with E-state index in [4.69, 9.17) is 4.52 Å². The highest BCUT2D eigenvalue weighted by Gasteiger charge is 2.11. The molecule has 0 amide bonds. The summed E-state index contributed by atoms with van der Waals surface area (Å²) in [7, 11) is 0. The van der Waals surface area contributed by atoms with Crippen LogP contribution in [0.3, 0.4) is 0 Å². The Balaban J connectivity index is 2.12. The largest absolute Gasteiger partial charge is 0.356 e. The number of nitro benzene ring substituents is 1. The fourth-order valence-electron chi connectivity index (χ4n) is 1.84. The van der Waals surface area contributed by atoms with Gasteiger partial charge in [-0.2, -0.15) is 0 Å². The first-order valence-electron chi connectivity index (χ1n) is 5.35. The minimum atomic E-state index is -0.426. The van der Waals surface area contributed by atoms with Crippen LogP contribution in [0.15, 0.2) is 53.1 Å². The fraction of sp³-hybridized carbons (Fsp3) is 0. The number of fused-ring (bicyclic) bond motifs is 1. The predicted molar refractivity (Wildman–Crippen MR) is 66.1 cm³/mol. The summed E-state index contributed by atoms with van der Waals surface area (Å²) >= 11 is 0. The minimum Gasteiger partial charge on any atom is -0.356 e. The second kappa shape index (κ2) is 3.96. The number of para-hydroxylation sites is 1. The molecule has 0 spiro atoms. The van der Waals surface area contributed by atoms with Crippen molar-refractivity contribution in [1.29, 1.82) is 0 Å². The van der Waals surface area contributed by atoms with Crippen molar-refractivity contribution in [3.8, 4) is 11.3 Å². The summed E-state index contributed by atoms with van der Waals surface area (Å²) in [6, 6.07) is 13.8. The summed E-state index contributed by atoms with van der Waals surface area (Å²) in [5.41, 5.74) is 2.25. The molecule has 0 aliphatic heterocycles. The van der Waals surface area contributed by atoms with Gasteiger partial charge in [0.2, 0.25) is 0 Å². The Morgan fingerprint density at radius 1 is 1.06 bits per heavy atom. The molecule has 0 atom stereocenters. The molecule has 3 aromatic rings. The molecule has 18 heavy (non-hydrogen) atoms. The highest BCUT2D eigenvalue weighted by Crippen LogP contribution is 2.28. The van der Waals surface area contributed by atoms with Gasteiger partial charge in [0.25, 0.3) is 5.69 Å². The van der Waals surface area contributed by atoms with Gasteiger partial charge in [0.05, 0.1) is 4.92 Å². The maximum absolute atomic E-state index is 10.6. The molecule has 0 unspecified atom stereocenters. The molecule has 1 heterocycles. The van der Waals surface area contributed by atoms with Crippen LogP contribution in [0.5, 0.6) is 0 Å². The van der Waals surface area contributed by atoms with Crippen LogP contribution in [-0.4, -0.2) is 10.1 Å². The number of aromatic nitrogens is 1. The van der Waals surface area contributed by atoms with Crippen molar-refractivity contribution < 1.29 is 9.45 Å². The van der Waals surface area contributed by atoms with Crippen molar-refractivity contribution in [3.63, 3.8) is 0 Å². The van der Waals surface area contributed by atoms with Gasteiger partial charge in [0.15, 0.2) is 5.58 Å². The van der Waals surface area contributed by atoms with Crippen LogP contribution in [0.25, 0.3) is 22.2 Å². The lowest BCUT2D eigenvalue weighted by molar-refractivity contribution is -0.384. The van der Waals surface area contributed by atoms with Crippen LogP contribution in [-0.2, 0) is 0 Å². The maximum Gasteiger partial charge on any atom is 0.269 e. The Morgan fingerprint density at radius 3 is 2.50 bits per heavy atom. The number of hydrogen-bond donors (Lipinski definition) is 0. The van der Waals surface area contributed by atoms with Gasteiger partial charge < -0.3 is 4.52 Å². The topological polar surface area (TPSA) is 69.2 Å². The molecule has 88 valence electrons. The van der Waals surface area contributed by atoms with Crippen LogP contribution < -0.4 is 0 Å². The smallest absolute Gasteiger partial charge is 0.269 e. The van der Waals surface area contributed by atoms with E-state index in [0.29, 0.717) is 11.3 Å². The van der Waals surface area contributed by atoms with Crippen LogP contribution >= 0.6 is 0 Å². The first-order valence-corrected chi connectivity index (χ1v) is 5.35. The van der Waals surface area contributed by atoms with Gasteiger partial charge >= 0.3 is 0 Å². The molecule has 0 aliphatic rings. The molecule has 2 aromatic carbocycles. The molecular formula is C13H8N2O3. The minimum absolute atomic E-state index is 0.0616. The number of rotatable bonds is 2. The summed E-state index contributed by atoms with van der Waals surface area (Å²) in [5, 5.41) is 15.5. The van der Waals surface area contributed by atoms with Crippen LogP contribution in [0.2, 0.25) is 0 Å². The number of benzene rings is 2. The lowest BCUT2D eigenvalue weighted by Gasteiger charge is -1.96. The Kier molecular flexibility index (Phi) is 2.30. The molecule has 0 bridgehead atoms. The summed E-state index contributed by atoms with van der Waals surface area (Å²) in [5.74, 6) is 0. The van der Waals surface area contributed by atoms with Gasteiger partial charge in [-0.25, -0.2) is 0 Å². The predicted octanol–water partition coefficient (Wildman–Crippen LogP) is 3.40. The van der Waals surface area contributed by atoms with Crippen molar-refractivity contribution in [2.75, 3.05) is 0 Å². The second-order valence-electron chi connectivity index (χ2n) is 3.83. The summed E-state index contributed by atoms with van der Waals surface area (Å²) < 4.78 is 5.20. The quantitative estimate of drug-likeness (QED) is 0.508. The fourth-order valence-corrected chi connectivity index (χ4v) is 1.84. The molecule has 5 nitrogen and oxygen atoms in total. The average molecular weight is 240 g/mol. The maximum atomic E-state index is 10.6. The van der Waals surface area contributed by atoms with Crippen LogP contribution in [0.1, 0.15) is 0 Å². The van der Waals surface area contributed by atoms with Crippen molar-refractivity contribution in [2.24, 2.45) is 0 Å². The van der Waals surface area contributed by atoms with Crippen molar-refractivity contribution in [3.05, 3.63) is 58.6 Å². The van der Waals surface area contributed by atoms with Crippen molar-refractivity contribution >= 4 is 16.7 Å². The van der Waals surface area contributed by atoms with Gasteiger partial charge in [-0.15, -0.1) is 0 Å². The summed E-state index contributed by atoms with van der Waals surface area (Å²) in [4.78, 5) is 10.2. The van der Waals surface area contributed by atoms with Crippen LogP contribution in [0.4, 0.5) is 5.69 Å². The van der Waals surface area contributed by atoms with E-state index in [1.54, 1.807) is 12.1 Å². The van der Waals surface area contributed by atoms with Gasteiger partial charge in [-0.3, -0.25) is 10.1 Å². The molecule has 0 radical (unpaired) electrons. The third-order valence-corrected chi connectivity index (χ3v) is 2.73. The third kappa shape index (κ3) is 1.62. The Morgan fingerprint density at radius 2 is 1.78 bits per heavy atom. The van der Waals surface area contributed by atoms with Gasteiger partial charge in [0.1, 0.15) is 5.69 Å². The molecule has 0 fully saturated rings. The molecular weight excluding hydrogens is 232 g/mol. The zero-order valence-electron chi connectivity index (χ0n) is 9.24. The highest BCUT2D eigenvalue weighted by molar-refractivity contribution is 5.91. The Hall–Kier alpha value is -2.69. The molecule has 0 N–H and O–H groups in total. The van der Waals surface area contributed by atoms with Crippen molar-refractivity contribution in [2.45, 2.75) is 0 Å². The van der Waals surface area contributed by atoms with E-state index >= 15 is 0 Å². The summed E-state index contributed by atoms with van der Waals surface area (Å²) in [6.07, 6.45) is 0. The molecule has 3 rings (SSSR count). The van der Waals surface area contributed by atoms with E-state index in [-0.39, 0.29) is 5.69 Å². The standard InChI is InChI=1S/C13H8N2O3/c16-15(17)10-7-5-9(6-8-10)13-11-3-1-2-4-12(11)18-14-13/h1-8H. The first kappa shape index (κ1) is 10.5. The molecule has 0 aliphatic carbocycles. The van der Waals surface area contributed by atoms with Crippen LogP contribution in [0, 0.1) is 10.1 Å². The van der Waals surface area contributed by atoms with E-state index < -0.39 is 4.92 Å². The molecule has 1 aromatic heterocycles. The molecule has 5 heteroatoms. The second-order valence-corrected chi connectivity index (χ2v) is 3.83. The van der Waals surface area contributed by atoms with E-state index in [2.05, 4.69) is 5.16 Å². The molecule has 0 saturated heterocycles. The monoisotopic (exact) mass is 240 g/mol.